The number of benzene rings is 1. The number of fused-ring (bicyclic) bond motifs is 1. The molecule has 3 nitrogen and oxygen atoms in total. The van der Waals surface area contributed by atoms with Crippen LogP contribution >= 0.6 is 27.3 Å². The van der Waals surface area contributed by atoms with Gasteiger partial charge in [-0.2, -0.15) is 0 Å². The number of nitrogens with zero attached hydrogens (tertiary/aromatic N) is 2. The Balaban J connectivity index is 2.12. The maximum atomic E-state index is 11.9. The molecule has 5 heteroatoms. The summed E-state index contributed by atoms with van der Waals surface area (Å²) in [6.45, 7) is 4.87. The minimum Gasteiger partial charge on any atom is -0.287 e. The van der Waals surface area contributed by atoms with Crippen molar-refractivity contribution in [3.8, 4) is 0 Å². The SMILES string of the molecule is Cc1ccc(C)c2sc(N3CC(Br)CC3=O)nc12. The number of hydrogen-bond acceptors (Lipinski definition) is 3. The van der Waals surface area contributed by atoms with Gasteiger partial charge in [-0.15, -0.1) is 0 Å². The lowest BCUT2D eigenvalue weighted by Gasteiger charge is -2.10. The summed E-state index contributed by atoms with van der Waals surface area (Å²) in [6, 6.07) is 4.19. The molecule has 0 saturated carbocycles. The van der Waals surface area contributed by atoms with E-state index >= 15 is 0 Å². The van der Waals surface area contributed by atoms with Crippen LogP contribution in [0.15, 0.2) is 12.1 Å². The molecular weight excluding hydrogens is 312 g/mol. The van der Waals surface area contributed by atoms with Gasteiger partial charge in [-0.1, -0.05) is 39.4 Å². The molecule has 0 aliphatic carbocycles. The third kappa shape index (κ3) is 1.86. The van der Waals surface area contributed by atoms with Gasteiger partial charge in [0.2, 0.25) is 5.91 Å². The van der Waals surface area contributed by atoms with Crippen molar-refractivity contribution in [2.75, 3.05) is 11.4 Å². The molecule has 1 aromatic heterocycles. The van der Waals surface area contributed by atoms with E-state index in [9.17, 15) is 4.79 Å². The first-order valence-electron chi connectivity index (χ1n) is 5.87. The number of alkyl halides is 1. The van der Waals surface area contributed by atoms with Gasteiger partial charge in [0.05, 0.1) is 10.2 Å². The number of anilines is 1. The topological polar surface area (TPSA) is 33.2 Å². The number of aromatic nitrogens is 1. The molecule has 1 aliphatic heterocycles. The summed E-state index contributed by atoms with van der Waals surface area (Å²) in [5.41, 5.74) is 3.42. The van der Waals surface area contributed by atoms with E-state index in [1.807, 2.05) is 0 Å². The van der Waals surface area contributed by atoms with Crippen molar-refractivity contribution < 1.29 is 4.79 Å². The van der Waals surface area contributed by atoms with Crippen LogP contribution in [0, 0.1) is 13.8 Å². The number of aryl methyl sites for hydroxylation is 2. The molecule has 1 aromatic carbocycles. The van der Waals surface area contributed by atoms with Crippen molar-refractivity contribution in [1.29, 1.82) is 0 Å². The molecular formula is C13H13BrN2OS. The Bertz CT molecular complexity index is 598. The molecule has 0 spiro atoms. The van der Waals surface area contributed by atoms with E-state index in [0.717, 1.165) is 17.2 Å². The van der Waals surface area contributed by atoms with Gasteiger partial charge in [0.15, 0.2) is 5.13 Å². The average molecular weight is 325 g/mol. The summed E-state index contributed by atoms with van der Waals surface area (Å²) in [6.07, 6.45) is 0.563. The van der Waals surface area contributed by atoms with Crippen LogP contribution in [-0.2, 0) is 4.79 Å². The molecule has 2 heterocycles. The molecule has 0 radical (unpaired) electrons. The van der Waals surface area contributed by atoms with Gasteiger partial charge in [-0.3, -0.25) is 9.69 Å². The van der Waals surface area contributed by atoms with Crippen LogP contribution < -0.4 is 4.90 Å². The van der Waals surface area contributed by atoms with Crippen LogP contribution in [0.5, 0.6) is 0 Å². The molecule has 1 fully saturated rings. The summed E-state index contributed by atoms with van der Waals surface area (Å²) < 4.78 is 1.19. The maximum Gasteiger partial charge on any atom is 0.230 e. The molecule has 3 rings (SSSR count). The Morgan fingerprint density at radius 2 is 2.11 bits per heavy atom. The van der Waals surface area contributed by atoms with Gasteiger partial charge in [0.1, 0.15) is 0 Å². The van der Waals surface area contributed by atoms with Crippen LogP contribution in [-0.4, -0.2) is 22.3 Å². The van der Waals surface area contributed by atoms with E-state index in [1.54, 1.807) is 16.2 Å². The fraction of sp³-hybridized carbons (Fsp3) is 0.385. The van der Waals surface area contributed by atoms with Crippen molar-refractivity contribution in [3.63, 3.8) is 0 Å². The lowest BCUT2D eigenvalue weighted by atomic mass is 10.1. The molecule has 1 atom stereocenters. The third-order valence-electron chi connectivity index (χ3n) is 3.24. The normalized spacial score (nSPS) is 20.1. The van der Waals surface area contributed by atoms with Crippen molar-refractivity contribution >= 4 is 48.5 Å². The van der Waals surface area contributed by atoms with Crippen LogP contribution in [0.2, 0.25) is 0 Å². The zero-order valence-electron chi connectivity index (χ0n) is 10.2. The van der Waals surface area contributed by atoms with Crippen LogP contribution in [0.25, 0.3) is 10.2 Å². The van der Waals surface area contributed by atoms with Gasteiger partial charge in [-0.25, -0.2) is 4.98 Å². The highest BCUT2D eigenvalue weighted by Gasteiger charge is 2.31. The quantitative estimate of drug-likeness (QED) is 0.753. The van der Waals surface area contributed by atoms with Crippen LogP contribution in [0.3, 0.4) is 0 Å². The molecule has 0 N–H and O–H groups in total. The average Bonchev–Trinajstić information content (AvgIpc) is 2.88. The number of carbonyl (C=O) groups excluding carboxylic acids is 1. The third-order valence-corrected chi connectivity index (χ3v) is 5.07. The molecule has 1 amide bonds. The summed E-state index contributed by atoms with van der Waals surface area (Å²) in [5.74, 6) is 0.159. The second-order valence-corrected chi connectivity index (χ2v) is 6.95. The lowest BCUT2D eigenvalue weighted by Crippen LogP contribution is -2.24. The smallest absolute Gasteiger partial charge is 0.230 e. The van der Waals surface area contributed by atoms with Crippen molar-refractivity contribution in [2.45, 2.75) is 25.1 Å². The van der Waals surface area contributed by atoms with E-state index in [2.05, 4.69) is 46.9 Å². The van der Waals surface area contributed by atoms with Gasteiger partial charge in [0, 0.05) is 17.8 Å². The first-order chi connectivity index (χ1) is 8.56. The number of rotatable bonds is 1. The van der Waals surface area contributed by atoms with Crippen molar-refractivity contribution in [2.24, 2.45) is 0 Å². The predicted molar refractivity (Wildman–Crippen MR) is 78.8 cm³/mol. The summed E-state index contributed by atoms with van der Waals surface area (Å²) in [4.78, 5) is 18.6. The second-order valence-electron chi connectivity index (χ2n) is 4.68. The van der Waals surface area contributed by atoms with E-state index < -0.39 is 0 Å². The van der Waals surface area contributed by atoms with Gasteiger partial charge in [0.25, 0.3) is 0 Å². The van der Waals surface area contributed by atoms with Gasteiger partial charge >= 0.3 is 0 Å². The minimum atomic E-state index is 0.159. The van der Waals surface area contributed by atoms with E-state index in [0.29, 0.717) is 6.42 Å². The minimum absolute atomic E-state index is 0.159. The fourth-order valence-corrected chi connectivity index (χ4v) is 3.92. The predicted octanol–water partition coefficient (Wildman–Crippen LogP) is 3.41. The zero-order chi connectivity index (χ0) is 12.9. The summed E-state index contributed by atoms with van der Waals surface area (Å²) >= 11 is 5.12. The van der Waals surface area contributed by atoms with Gasteiger partial charge in [-0.05, 0) is 25.0 Å². The molecule has 1 saturated heterocycles. The highest BCUT2D eigenvalue weighted by molar-refractivity contribution is 9.09. The van der Waals surface area contributed by atoms with Crippen LogP contribution in [0.4, 0.5) is 5.13 Å². The fourth-order valence-electron chi connectivity index (χ4n) is 2.21. The Morgan fingerprint density at radius 1 is 1.39 bits per heavy atom. The second kappa shape index (κ2) is 4.31. The molecule has 1 unspecified atom stereocenters. The monoisotopic (exact) mass is 324 g/mol. The van der Waals surface area contributed by atoms with E-state index in [1.165, 1.54) is 15.8 Å². The molecule has 1 aliphatic rings. The number of hydrogen-bond donors (Lipinski definition) is 0. The van der Waals surface area contributed by atoms with Gasteiger partial charge < -0.3 is 0 Å². The largest absolute Gasteiger partial charge is 0.287 e. The molecule has 94 valence electrons. The Labute approximate surface area is 118 Å². The van der Waals surface area contributed by atoms with Crippen molar-refractivity contribution in [1.82, 2.24) is 4.98 Å². The Morgan fingerprint density at radius 3 is 2.72 bits per heavy atom. The standard InChI is InChI=1S/C13H13BrN2OS/c1-7-3-4-8(2)12-11(7)15-13(18-12)16-6-9(14)5-10(16)17/h3-4,9H,5-6H2,1-2H3. The Hall–Kier alpha value is -0.940. The first kappa shape index (κ1) is 12.1. The number of carbonyl (C=O) groups is 1. The molecule has 0 bridgehead atoms. The van der Waals surface area contributed by atoms with Crippen LogP contribution in [0.1, 0.15) is 17.5 Å². The zero-order valence-corrected chi connectivity index (χ0v) is 12.6. The highest BCUT2D eigenvalue weighted by atomic mass is 79.9. The number of halogens is 1. The number of amides is 1. The van der Waals surface area contributed by atoms with E-state index in [4.69, 9.17) is 0 Å². The highest BCUT2D eigenvalue weighted by Crippen LogP contribution is 2.35. The Kier molecular flexibility index (Phi) is 2.90. The number of thiazole rings is 1. The summed E-state index contributed by atoms with van der Waals surface area (Å²) in [7, 11) is 0. The van der Waals surface area contributed by atoms with Crippen molar-refractivity contribution in [3.05, 3.63) is 23.3 Å². The van der Waals surface area contributed by atoms with E-state index in [-0.39, 0.29) is 10.7 Å². The molecule has 2 aromatic rings. The summed E-state index contributed by atoms with van der Waals surface area (Å²) in [5, 5.41) is 0.828. The first-order valence-corrected chi connectivity index (χ1v) is 7.60. The lowest BCUT2D eigenvalue weighted by molar-refractivity contribution is -0.117. The molecule has 18 heavy (non-hydrogen) atoms. The maximum absolute atomic E-state index is 11.9.